The topological polar surface area (TPSA) is 21.3 Å². The summed E-state index contributed by atoms with van der Waals surface area (Å²) in [6.07, 6.45) is 5.15. The predicted octanol–water partition coefficient (Wildman–Crippen LogP) is 4.65. The second-order valence-electron chi connectivity index (χ2n) is 7.41. The van der Waals surface area contributed by atoms with Crippen molar-refractivity contribution in [2.24, 2.45) is 11.3 Å². The van der Waals surface area contributed by atoms with Gasteiger partial charge in [0.15, 0.2) is 0 Å². The Labute approximate surface area is 130 Å². The van der Waals surface area contributed by atoms with E-state index < -0.39 is 0 Å². The van der Waals surface area contributed by atoms with E-state index in [0.717, 1.165) is 24.6 Å². The summed E-state index contributed by atoms with van der Waals surface area (Å²) in [6.45, 7) is 10.4. The maximum atomic E-state index is 6.33. The molecule has 1 saturated carbocycles. The van der Waals surface area contributed by atoms with Crippen LogP contribution in [0.25, 0.3) is 0 Å². The number of nitrogens with one attached hydrogen (secondary N) is 1. The first-order valence-corrected chi connectivity index (χ1v) is 8.45. The Balaban J connectivity index is 2.05. The van der Waals surface area contributed by atoms with Crippen molar-refractivity contribution in [3.05, 3.63) is 30.3 Å². The molecule has 2 heteroatoms. The monoisotopic (exact) mass is 289 g/mol. The van der Waals surface area contributed by atoms with Gasteiger partial charge < -0.3 is 10.1 Å². The molecular formula is C19H31NO. The summed E-state index contributed by atoms with van der Waals surface area (Å²) < 4.78 is 6.33. The van der Waals surface area contributed by atoms with Crippen LogP contribution >= 0.6 is 0 Å². The molecule has 1 aromatic rings. The van der Waals surface area contributed by atoms with Crippen LogP contribution in [0.4, 0.5) is 0 Å². The van der Waals surface area contributed by atoms with Gasteiger partial charge in [-0.05, 0) is 55.7 Å². The number of ether oxygens (including phenoxy) is 1. The Bertz CT molecular complexity index is 409. The lowest BCUT2D eigenvalue weighted by atomic mass is 9.70. The minimum absolute atomic E-state index is 0.289. The fourth-order valence-electron chi connectivity index (χ4n) is 3.28. The highest BCUT2D eigenvalue weighted by molar-refractivity contribution is 5.21. The number of rotatable bonds is 5. The summed E-state index contributed by atoms with van der Waals surface area (Å²) >= 11 is 0. The summed E-state index contributed by atoms with van der Waals surface area (Å²) in [7, 11) is 0. The molecule has 0 bridgehead atoms. The highest BCUT2D eigenvalue weighted by atomic mass is 16.5. The fraction of sp³-hybridized carbons (Fsp3) is 0.684. The predicted molar refractivity (Wildman–Crippen MR) is 89.7 cm³/mol. The molecule has 1 aliphatic carbocycles. The molecule has 2 rings (SSSR count). The van der Waals surface area contributed by atoms with Crippen molar-refractivity contribution in [2.45, 2.75) is 65.5 Å². The standard InChI is InChI=1S/C19H31NO/c1-5-13-20-17-12-11-15(19(2,3)4)14-18(17)21-16-9-7-6-8-10-16/h6-10,15,17-18,20H,5,11-14H2,1-4H3. The van der Waals surface area contributed by atoms with Crippen LogP contribution in [0.3, 0.4) is 0 Å². The van der Waals surface area contributed by atoms with Crippen molar-refractivity contribution >= 4 is 0 Å². The van der Waals surface area contributed by atoms with Gasteiger partial charge in [-0.3, -0.25) is 0 Å². The molecule has 1 aromatic carbocycles. The van der Waals surface area contributed by atoms with E-state index in [1.807, 2.05) is 18.2 Å². The van der Waals surface area contributed by atoms with Crippen molar-refractivity contribution in [1.82, 2.24) is 5.32 Å². The van der Waals surface area contributed by atoms with E-state index in [1.54, 1.807) is 0 Å². The lowest BCUT2D eigenvalue weighted by molar-refractivity contribution is 0.0472. The quantitative estimate of drug-likeness (QED) is 0.852. The maximum Gasteiger partial charge on any atom is 0.119 e. The zero-order valence-electron chi connectivity index (χ0n) is 14.1. The minimum atomic E-state index is 0.289. The van der Waals surface area contributed by atoms with E-state index in [4.69, 9.17) is 4.74 Å². The molecule has 1 aliphatic rings. The van der Waals surface area contributed by atoms with Gasteiger partial charge in [0, 0.05) is 6.04 Å². The summed E-state index contributed by atoms with van der Waals surface area (Å²) in [5, 5.41) is 3.69. The molecule has 1 N–H and O–H groups in total. The molecule has 0 radical (unpaired) electrons. The van der Waals surface area contributed by atoms with E-state index in [9.17, 15) is 0 Å². The molecule has 0 heterocycles. The van der Waals surface area contributed by atoms with Crippen molar-refractivity contribution in [1.29, 1.82) is 0 Å². The van der Waals surface area contributed by atoms with Crippen molar-refractivity contribution in [2.75, 3.05) is 6.54 Å². The first-order valence-electron chi connectivity index (χ1n) is 8.45. The summed E-state index contributed by atoms with van der Waals surface area (Å²) in [6, 6.07) is 10.8. The van der Waals surface area contributed by atoms with Crippen LogP contribution in [0.1, 0.15) is 53.4 Å². The molecule has 0 aliphatic heterocycles. The molecule has 3 unspecified atom stereocenters. The molecule has 0 saturated heterocycles. The molecule has 0 amide bonds. The van der Waals surface area contributed by atoms with Gasteiger partial charge in [0.1, 0.15) is 11.9 Å². The molecule has 0 spiro atoms. The second-order valence-corrected chi connectivity index (χ2v) is 7.41. The van der Waals surface area contributed by atoms with Crippen molar-refractivity contribution in [3.63, 3.8) is 0 Å². The van der Waals surface area contributed by atoms with Gasteiger partial charge >= 0.3 is 0 Å². The lowest BCUT2D eigenvalue weighted by Gasteiger charge is -2.42. The van der Waals surface area contributed by atoms with Crippen LogP contribution in [0.5, 0.6) is 5.75 Å². The van der Waals surface area contributed by atoms with Crippen LogP contribution in [-0.4, -0.2) is 18.7 Å². The molecule has 21 heavy (non-hydrogen) atoms. The van der Waals surface area contributed by atoms with E-state index in [2.05, 4.69) is 45.1 Å². The normalized spacial score (nSPS) is 26.6. The molecule has 2 nitrogen and oxygen atoms in total. The largest absolute Gasteiger partial charge is 0.489 e. The van der Waals surface area contributed by atoms with Crippen molar-refractivity contribution in [3.8, 4) is 5.75 Å². The molecule has 3 atom stereocenters. The summed E-state index contributed by atoms with van der Waals surface area (Å²) in [4.78, 5) is 0. The van der Waals surface area contributed by atoms with E-state index in [-0.39, 0.29) is 6.10 Å². The first kappa shape index (κ1) is 16.4. The average Bonchev–Trinajstić information content (AvgIpc) is 2.46. The number of hydrogen-bond donors (Lipinski definition) is 1. The molecule has 0 aromatic heterocycles. The maximum absolute atomic E-state index is 6.33. The van der Waals surface area contributed by atoms with Crippen LogP contribution < -0.4 is 10.1 Å². The second kappa shape index (κ2) is 7.31. The van der Waals surface area contributed by atoms with Gasteiger partial charge in [-0.2, -0.15) is 0 Å². The lowest BCUT2D eigenvalue weighted by Crippen LogP contribution is -2.49. The SMILES string of the molecule is CCCNC1CCC(C(C)(C)C)CC1Oc1ccccc1. The minimum Gasteiger partial charge on any atom is -0.489 e. The van der Waals surface area contributed by atoms with Gasteiger partial charge in [-0.25, -0.2) is 0 Å². The average molecular weight is 289 g/mol. The molecular weight excluding hydrogens is 258 g/mol. The first-order chi connectivity index (χ1) is 10.0. The highest BCUT2D eigenvalue weighted by Crippen LogP contribution is 2.39. The summed E-state index contributed by atoms with van der Waals surface area (Å²) in [5.41, 5.74) is 0.369. The Kier molecular flexibility index (Phi) is 5.69. The Hall–Kier alpha value is -1.02. The van der Waals surface area contributed by atoms with Gasteiger partial charge in [0.25, 0.3) is 0 Å². The van der Waals surface area contributed by atoms with Gasteiger partial charge in [-0.15, -0.1) is 0 Å². The van der Waals surface area contributed by atoms with Gasteiger partial charge in [-0.1, -0.05) is 45.9 Å². The fourth-order valence-corrected chi connectivity index (χ4v) is 3.28. The summed E-state index contributed by atoms with van der Waals surface area (Å²) in [5.74, 6) is 1.74. The third kappa shape index (κ3) is 4.74. The molecule has 118 valence electrons. The van der Waals surface area contributed by atoms with Crippen LogP contribution in [0.15, 0.2) is 30.3 Å². The zero-order chi connectivity index (χ0) is 15.3. The zero-order valence-corrected chi connectivity index (χ0v) is 14.1. The Morgan fingerprint density at radius 1 is 1.14 bits per heavy atom. The van der Waals surface area contributed by atoms with E-state index in [0.29, 0.717) is 11.5 Å². The van der Waals surface area contributed by atoms with Crippen LogP contribution in [-0.2, 0) is 0 Å². The number of para-hydroxylation sites is 1. The number of benzene rings is 1. The van der Waals surface area contributed by atoms with Gasteiger partial charge in [0.05, 0.1) is 0 Å². The Morgan fingerprint density at radius 3 is 2.48 bits per heavy atom. The third-order valence-corrected chi connectivity index (χ3v) is 4.70. The number of hydrogen-bond acceptors (Lipinski definition) is 2. The van der Waals surface area contributed by atoms with E-state index >= 15 is 0 Å². The van der Waals surface area contributed by atoms with Crippen LogP contribution in [0.2, 0.25) is 0 Å². The smallest absolute Gasteiger partial charge is 0.119 e. The van der Waals surface area contributed by atoms with Crippen molar-refractivity contribution < 1.29 is 4.74 Å². The highest BCUT2D eigenvalue weighted by Gasteiger charge is 2.36. The van der Waals surface area contributed by atoms with E-state index in [1.165, 1.54) is 19.3 Å². The molecule has 1 fully saturated rings. The third-order valence-electron chi connectivity index (χ3n) is 4.70. The Morgan fingerprint density at radius 2 is 1.86 bits per heavy atom. The van der Waals surface area contributed by atoms with Crippen LogP contribution in [0, 0.1) is 11.3 Å². The van der Waals surface area contributed by atoms with Gasteiger partial charge in [0.2, 0.25) is 0 Å².